The molecule has 0 aliphatic carbocycles. The summed E-state index contributed by atoms with van der Waals surface area (Å²) in [7, 11) is 0. The second-order valence-corrected chi connectivity index (χ2v) is 6.61. The van der Waals surface area contributed by atoms with Crippen molar-refractivity contribution in [2.24, 2.45) is 0 Å². The summed E-state index contributed by atoms with van der Waals surface area (Å²) in [4.78, 5) is 44.6. The highest BCUT2D eigenvalue weighted by atomic mass is 16.5. The Morgan fingerprint density at radius 2 is 1.17 bits per heavy atom. The Bertz CT molecular complexity index is 666. The molecule has 1 rings (SSSR count). The molecule has 1 aromatic rings. The molecule has 8 heteroatoms. The zero-order chi connectivity index (χ0) is 21.5. The molecule has 8 nitrogen and oxygen atoms in total. The fraction of sp³-hybridized carbons (Fsp3) is 0.524. The van der Waals surface area contributed by atoms with Gasteiger partial charge >= 0.3 is 23.9 Å². The van der Waals surface area contributed by atoms with Crippen molar-refractivity contribution < 1.29 is 38.9 Å². The summed E-state index contributed by atoms with van der Waals surface area (Å²) in [5.74, 6) is -2.68. The van der Waals surface area contributed by atoms with E-state index < -0.39 is 17.9 Å². The van der Waals surface area contributed by atoms with Crippen LogP contribution in [0.1, 0.15) is 78.5 Å². The average Bonchev–Trinajstić information content (AvgIpc) is 2.69. The molecule has 0 aromatic heterocycles. The van der Waals surface area contributed by atoms with E-state index in [1.807, 2.05) is 0 Å². The van der Waals surface area contributed by atoms with Crippen molar-refractivity contribution in [1.29, 1.82) is 0 Å². The topological polar surface area (TPSA) is 127 Å². The van der Waals surface area contributed by atoms with Gasteiger partial charge in [0, 0.05) is 19.3 Å². The van der Waals surface area contributed by atoms with Crippen LogP contribution in [0.2, 0.25) is 0 Å². The fourth-order valence-corrected chi connectivity index (χ4v) is 2.57. The third-order valence-corrected chi connectivity index (χ3v) is 4.17. The second-order valence-electron chi connectivity index (χ2n) is 6.61. The number of aromatic carboxylic acids is 1. The Labute approximate surface area is 169 Å². The zero-order valence-electron chi connectivity index (χ0n) is 16.4. The number of carbonyl (C=O) groups excluding carboxylic acids is 2. The SMILES string of the molecule is O=C(O)CCCCCCCCC(=O)OCCCOC(=O)c1ccc(C(=O)O)cc1. The number of benzene rings is 1. The molecule has 2 N–H and O–H groups in total. The van der Waals surface area contributed by atoms with Gasteiger partial charge in [0.1, 0.15) is 0 Å². The van der Waals surface area contributed by atoms with E-state index in [1.54, 1.807) is 0 Å². The number of aliphatic carboxylic acids is 1. The van der Waals surface area contributed by atoms with E-state index in [0.29, 0.717) is 19.3 Å². The number of esters is 2. The molecule has 1 aromatic carbocycles. The van der Waals surface area contributed by atoms with E-state index in [1.165, 1.54) is 24.3 Å². The van der Waals surface area contributed by atoms with E-state index in [-0.39, 0.29) is 36.7 Å². The van der Waals surface area contributed by atoms with E-state index in [4.69, 9.17) is 19.7 Å². The number of ether oxygens (including phenoxy) is 2. The van der Waals surface area contributed by atoms with Gasteiger partial charge in [0.2, 0.25) is 0 Å². The van der Waals surface area contributed by atoms with Gasteiger partial charge in [-0.1, -0.05) is 25.7 Å². The molecule has 0 fully saturated rings. The summed E-state index contributed by atoms with van der Waals surface area (Å²) in [6.45, 7) is 0.266. The number of carboxylic acid groups (broad SMARTS) is 2. The standard InChI is InChI=1S/C21H28O8/c22-18(23)8-5-3-1-2-4-6-9-19(24)28-14-7-15-29-21(27)17-12-10-16(11-13-17)20(25)26/h10-13H,1-9,14-15H2,(H,22,23)(H,25,26). The van der Waals surface area contributed by atoms with Crippen molar-refractivity contribution in [3.63, 3.8) is 0 Å². The minimum atomic E-state index is -1.07. The molecule has 0 amide bonds. The molecule has 0 spiro atoms. The lowest BCUT2D eigenvalue weighted by Crippen LogP contribution is -2.11. The molecule has 160 valence electrons. The van der Waals surface area contributed by atoms with Crippen molar-refractivity contribution in [3.05, 3.63) is 35.4 Å². The smallest absolute Gasteiger partial charge is 0.338 e. The Hall–Kier alpha value is -2.90. The molecule has 0 saturated heterocycles. The Kier molecular flexibility index (Phi) is 11.8. The van der Waals surface area contributed by atoms with E-state index >= 15 is 0 Å². The van der Waals surface area contributed by atoms with Crippen LogP contribution in [-0.4, -0.2) is 47.3 Å². The molecule has 0 aliphatic rings. The van der Waals surface area contributed by atoms with Gasteiger partial charge in [-0.05, 0) is 37.1 Å². The van der Waals surface area contributed by atoms with Crippen LogP contribution >= 0.6 is 0 Å². The largest absolute Gasteiger partial charge is 0.481 e. The van der Waals surface area contributed by atoms with Crippen LogP contribution in [0.25, 0.3) is 0 Å². The van der Waals surface area contributed by atoms with Gasteiger partial charge in [0.05, 0.1) is 24.3 Å². The molecule has 0 heterocycles. The summed E-state index contributed by atoms with van der Waals surface area (Å²) in [6.07, 6.45) is 6.08. The molecule has 0 atom stereocenters. The first kappa shape index (κ1) is 24.1. The maximum absolute atomic E-state index is 11.8. The monoisotopic (exact) mass is 408 g/mol. The first-order valence-electron chi connectivity index (χ1n) is 9.78. The summed E-state index contributed by atoms with van der Waals surface area (Å²) in [5.41, 5.74) is 0.349. The third-order valence-electron chi connectivity index (χ3n) is 4.17. The van der Waals surface area contributed by atoms with Gasteiger partial charge in [0.25, 0.3) is 0 Å². The van der Waals surface area contributed by atoms with E-state index in [2.05, 4.69) is 0 Å². The van der Waals surface area contributed by atoms with Gasteiger partial charge in [0.15, 0.2) is 0 Å². The third kappa shape index (κ3) is 11.5. The minimum Gasteiger partial charge on any atom is -0.481 e. The van der Waals surface area contributed by atoms with Crippen LogP contribution in [0.5, 0.6) is 0 Å². The zero-order valence-corrected chi connectivity index (χ0v) is 16.4. The minimum absolute atomic E-state index is 0.0895. The number of hydrogen-bond acceptors (Lipinski definition) is 6. The number of carbonyl (C=O) groups is 4. The highest BCUT2D eigenvalue weighted by Gasteiger charge is 2.09. The van der Waals surface area contributed by atoms with Gasteiger partial charge in [-0.2, -0.15) is 0 Å². The van der Waals surface area contributed by atoms with Crippen molar-refractivity contribution in [2.75, 3.05) is 13.2 Å². The number of rotatable bonds is 15. The summed E-state index contributed by atoms with van der Waals surface area (Å²) in [5, 5.41) is 17.3. The molecule has 0 unspecified atom stereocenters. The Morgan fingerprint density at radius 3 is 1.76 bits per heavy atom. The van der Waals surface area contributed by atoms with Gasteiger partial charge in [-0.25, -0.2) is 9.59 Å². The highest BCUT2D eigenvalue weighted by Crippen LogP contribution is 2.09. The van der Waals surface area contributed by atoms with Crippen LogP contribution in [0, 0.1) is 0 Å². The molecular weight excluding hydrogens is 380 g/mol. The Morgan fingerprint density at radius 1 is 0.655 bits per heavy atom. The predicted molar refractivity (Wildman–Crippen MR) is 104 cm³/mol. The van der Waals surface area contributed by atoms with Crippen LogP contribution in [0.4, 0.5) is 0 Å². The normalized spacial score (nSPS) is 10.3. The molecule has 0 saturated carbocycles. The van der Waals surface area contributed by atoms with Crippen molar-refractivity contribution in [2.45, 2.75) is 57.8 Å². The van der Waals surface area contributed by atoms with Crippen molar-refractivity contribution in [3.8, 4) is 0 Å². The van der Waals surface area contributed by atoms with Gasteiger partial charge in [-0.3, -0.25) is 9.59 Å². The highest BCUT2D eigenvalue weighted by molar-refractivity contribution is 5.92. The fourth-order valence-electron chi connectivity index (χ4n) is 2.57. The Balaban J connectivity index is 2.01. The molecule has 0 bridgehead atoms. The second kappa shape index (κ2) is 14.1. The number of hydrogen-bond donors (Lipinski definition) is 2. The van der Waals surface area contributed by atoms with Crippen LogP contribution < -0.4 is 0 Å². The van der Waals surface area contributed by atoms with Crippen LogP contribution in [0.15, 0.2) is 24.3 Å². The summed E-state index contributed by atoms with van der Waals surface area (Å²) >= 11 is 0. The van der Waals surface area contributed by atoms with E-state index in [0.717, 1.165) is 32.1 Å². The van der Waals surface area contributed by atoms with Crippen LogP contribution in [-0.2, 0) is 19.1 Å². The van der Waals surface area contributed by atoms with Gasteiger partial charge in [-0.15, -0.1) is 0 Å². The summed E-state index contributed by atoms with van der Waals surface area (Å²) < 4.78 is 10.1. The summed E-state index contributed by atoms with van der Waals surface area (Å²) in [6, 6.07) is 5.43. The lowest BCUT2D eigenvalue weighted by molar-refractivity contribution is -0.144. The van der Waals surface area contributed by atoms with Crippen molar-refractivity contribution in [1.82, 2.24) is 0 Å². The van der Waals surface area contributed by atoms with Crippen molar-refractivity contribution >= 4 is 23.9 Å². The first-order valence-corrected chi connectivity index (χ1v) is 9.78. The quantitative estimate of drug-likeness (QED) is 0.332. The van der Waals surface area contributed by atoms with Gasteiger partial charge < -0.3 is 19.7 Å². The lowest BCUT2D eigenvalue weighted by atomic mass is 10.1. The molecule has 0 aliphatic heterocycles. The number of carboxylic acids is 2. The van der Waals surface area contributed by atoms with E-state index in [9.17, 15) is 19.2 Å². The lowest BCUT2D eigenvalue weighted by Gasteiger charge is -2.07. The first-order chi connectivity index (χ1) is 13.9. The maximum Gasteiger partial charge on any atom is 0.338 e. The molecular formula is C21H28O8. The molecule has 29 heavy (non-hydrogen) atoms. The van der Waals surface area contributed by atoms with Crippen LogP contribution in [0.3, 0.4) is 0 Å². The molecule has 0 radical (unpaired) electrons. The maximum atomic E-state index is 11.8. The average molecular weight is 408 g/mol. The predicted octanol–water partition coefficient (Wildman–Crippen LogP) is 3.68. The number of unbranched alkanes of at least 4 members (excludes halogenated alkanes) is 5.